The van der Waals surface area contributed by atoms with Crippen LogP contribution in [0.4, 0.5) is 0 Å². The van der Waals surface area contributed by atoms with Crippen molar-refractivity contribution in [3.05, 3.63) is 58.1 Å². The molecule has 0 spiro atoms. The van der Waals surface area contributed by atoms with Crippen LogP contribution in [0.2, 0.25) is 0 Å². The fourth-order valence-electron chi connectivity index (χ4n) is 2.46. The van der Waals surface area contributed by atoms with E-state index < -0.39 is 0 Å². The smallest absolute Gasteiger partial charge is 0.246 e. The third-order valence-corrected chi connectivity index (χ3v) is 4.36. The number of amides is 1. The number of carbonyl (C=O) groups is 1. The number of methoxy groups -OCH3 is 3. The van der Waals surface area contributed by atoms with Crippen molar-refractivity contribution in [1.82, 2.24) is 4.90 Å². The number of carbonyl (C=O) groups excluding carboxylic acids is 1. The van der Waals surface area contributed by atoms with Crippen LogP contribution in [-0.4, -0.2) is 39.2 Å². The van der Waals surface area contributed by atoms with Gasteiger partial charge in [-0.1, -0.05) is 15.9 Å². The molecule has 1 amide bonds. The Labute approximate surface area is 162 Å². The predicted octanol–water partition coefficient (Wildman–Crippen LogP) is 4.15. The van der Waals surface area contributed by atoms with Gasteiger partial charge in [-0.2, -0.15) is 0 Å². The zero-order valence-electron chi connectivity index (χ0n) is 15.3. The molecule has 0 aromatic heterocycles. The molecular weight excluding hydrogens is 398 g/mol. The van der Waals surface area contributed by atoms with Gasteiger partial charge >= 0.3 is 0 Å². The van der Waals surface area contributed by atoms with Gasteiger partial charge < -0.3 is 19.1 Å². The SMILES string of the molecule is COc1ccc(OC)c(/C=C/C(=O)N(C)Cc2cc(Br)ccc2OC)c1. The molecule has 0 heterocycles. The number of hydrogen-bond donors (Lipinski definition) is 0. The molecule has 0 unspecified atom stereocenters. The Morgan fingerprint density at radius 2 is 1.73 bits per heavy atom. The second-order valence-corrected chi connectivity index (χ2v) is 6.51. The van der Waals surface area contributed by atoms with E-state index in [1.165, 1.54) is 6.08 Å². The predicted molar refractivity (Wildman–Crippen MR) is 106 cm³/mol. The third kappa shape index (κ3) is 5.02. The average molecular weight is 420 g/mol. The lowest BCUT2D eigenvalue weighted by atomic mass is 10.1. The van der Waals surface area contributed by atoms with Crippen molar-refractivity contribution in [1.29, 1.82) is 0 Å². The molecule has 2 rings (SSSR count). The summed E-state index contributed by atoms with van der Waals surface area (Å²) in [6, 6.07) is 11.1. The zero-order chi connectivity index (χ0) is 19.1. The summed E-state index contributed by atoms with van der Waals surface area (Å²) >= 11 is 3.44. The standard InChI is InChI=1S/C20H22BrNO4/c1-22(13-15-11-16(21)6-8-19(15)26-4)20(23)10-5-14-12-17(24-2)7-9-18(14)25-3/h5-12H,13H2,1-4H3/b10-5+. The molecule has 2 aromatic rings. The lowest BCUT2D eigenvalue weighted by Crippen LogP contribution is -2.24. The largest absolute Gasteiger partial charge is 0.497 e. The summed E-state index contributed by atoms with van der Waals surface area (Å²) < 4.78 is 16.8. The van der Waals surface area contributed by atoms with Crippen molar-refractivity contribution in [3.63, 3.8) is 0 Å². The normalized spacial score (nSPS) is 10.7. The lowest BCUT2D eigenvalue weighted by Gasteiger charge is -2.17. The Balaban J connectivity index is 2.14. The molecule has 26 heavy (non-hydrogen) atoms. The zero-order valence-corrected chi connectivity index (χ0v) is 16.9. The number of benzene rings is 2. The first-order valence-corrected chi connectivity index (χ1v) is 8.75. The number of halogens is 1. The Hall–Kier alpha value is -2.47. The van der Waals surface area contributed by atoms with E-state index in [1.54, 1.807) is 45.4 Å². The maximum atomic E-state index is 12.5. The first-order chi connectivity index (χ1) is 12.5. The van der Waals surface area contributed by atoms with Gasteiger partial charge in [0.05, 0.1) is 21.3 Å². The summed E-state index contributed by atoms with van der Waals surface area (Å²) in [6.07, 6.45) is 3.24. The second kappa shape index (κ2) is 9.29. The van der Waals surface area contributed by atoms with E-state index in [9.17, 15) is 4.79 Å². The number of ether oxygens (including phenoxy) is 3. The minimum atomic E-state index is -0.128. The van der Waals surface area contributed by atoms with E-state index in [0.29, 0.717) is 18.0 Å². The van der Waals surface area contributed by atoms with Gasteiger partial charge in [-0.25, -0.2) is 0 Å². The molecule has 6 heteroatoms. The molecule has 2 aromatic carbocycles. The van der Waals surface area contributed by atoms with E-state index in [2.05, 4.69) is 15.9 Å². The molecular formula is C20H22BrNO4. The maximum absolute atomic E-state index is 12.5. The first-order valence-electron chi connectivity index (χ1n) is 7.96. The van der Waals surface area contributed by atoms with Gasteiger partial charge in [0.15, 0.2) is 0 Å². The number of hydrogen-bond acceptors (Lipinski definition) is 4. The van der Waals surface area contributed by atoms with Crippen molar-refractivity contribution in [2.45, 2.75) is 6.54 Å². The second-order valence-electron chi connectivity index (χ2n) is 5.59. The van der Waals surface area contributed by atoms with E-state index in [0.717, 1.165) is 21.3 Å². The van der Waals surface area contributed by atoms with Gasteiger partial charge in [0, 0.05) is 35.3 Å². The fraction of sp³-hybridized carbons (Fsp3) is 0.250. The third-order valence-electron chi connectivity index (χ3n) is 3.87. The van der Waals surface area contributed by atoms with Gasteiger partial charge in [-0.05, 0) is 42.5 Å². The molecule has 0 saturated carbocycles. The van der Waals surface area contributed by atoms with E-state index in [4.69, 9.17) is 14.2 Å². The topological polar surface area (TPSA) is 48.0 Å². The monoisotopic (exact) mass is 419 g/mol. The molecule has 0 bridgehead atoms. The average Bonchev–Trinajstić information content (AvgIpc) is 2.65. The molecule has 0 fully saturated rings. The summed E-state index contributed by atoms with van der Waals surface area (Å²) in [5.41, 5.74) is 1.69. The summed E-state index contributed by atoms with van der Waals surface area (Å²) in [4.78, 5) is 14.1. The molecule has 0 radical (unpaired) electrons. The minimum absolute atomic E-state index is 0.128. The van der Waals surface area contributed by atoms with Crippen LogP contribution in [0, 0.1) is 0 Å². The van der Waals surface area contributed by atoms with E-state index in [1.807, 2.05) is 30.3 Å². The van der Waals surface area contributed by atoms with Crippen LogP contribution in [-0.2, 0) is 11.3 Å². The Morgan fingerprint density at radius 3 is 2.38 bits per heavy atom. The van der Waals surface area contributed by atoms with Crippen molar-refractivity contribution in [2.24, 2.45) is 0 Å². The van der Waals surface area contributed by atoms with Gasteiger partial charge in [0.1, 0.15) is 17.2 Å². The van der Waals surface area contributed by atoms with Crippen LogP contribution in [0.25, 0.3) is 6.08 Å². The Kier molecular flexibility index (Phi) is 7.09. The van der Waals surface area contributed by atoms with E-state index in [-0.39, 0.29) is 5.91 Å². The molecule has 138 valence electrons. The molecule has 0 saturated heterocycles. The van der Waals surface area contributed by atoms with Gasteiger partial charge in [-0.3, -0.25) is 4.79 Å². The van der Waals surface area contributed by atoms with E-state index >= 15 is 0 Å². The van der Waals surface area contributed by atoms with Crippen molar-refractivity contribution >= 4 is 27.9 Å². The van der Waals surface area contributed by atoms with Crippen LogP contribution in [0.15, 0.2) is 46.9 Å². The highest BCUT2D eigenvalue weighted by atomic mass is 79.9. The molecule has 0 atom stereocenters. The van der Waals surface area contributed by atoms with Crippen LogP contribution in [0.5, 0.6) is 17.2 Å². The summed E-state index contributed by atoms with van der Waals surface area (Å²) in [6.45, 7) is 0.432. The highest BCUT2D eigenvalue weighted by molar-refractivity contribution is 9.10. The van der Waals surface area contributed by atoms with Crippen LogP contribution >= 0.6 is 15.9 Å². The summed E-state index contributed by atoms with van der Waals surface area (Å²) in [5, 5.41) is 0. The van der Waals surface area contributed by atoms with Crippen LogP contribution in [0.1, 0.15) is 11.1 Å². The van der Waals surface area contributed by atoms with Gasteiger partial charge in [-0.15, -0.1) is 0 Å². The highest BCUT2D eigenvalue weighted by Gasteiger charge is 2.11. The minimum Gasteiger partial charge on any atom is -0.497 e. The Morgan fingerprint density at radius 1 is 1.04 bits per heavy atom. The molecule has 0 N–H and O–H groups in total. The van der Waals surface area contributed by atoms with Crippen molar-refractivity contribution in [3.8, 4) is 17.2 Å². The summed E-state index contributed by atoms with van der Waals surface area (Å²) in [5.74, 6) is 1.99. The van der Waals surface area contributed by atoms with Crippen LogP contribution < -0.4 is 14.2 Å². The van der Waals surface area contributed by atoms with Crippen molar-refractivity contribution < 1.29 is 19.0 Å². The van der Waals surface area contributed by atoms with Gasteiger partial charge in [0.25, 0.3) is 0 Å². The van der Waals surface area contributed by atoms with Crippen molar-refractivity contribution in [2.75, 3.05) is 28.4 Å². The quantitative estimate of drug-likeness (QED) is 0.632. The Bertz CT molecular complexity index is 804. The molecule has 0 aliphatic rings. The molecule has 0 aliphatic carbocycles. The molecule has 5 nitrogen and oxygen atoms in total. The first kappa shape index (κ1) is 19.8. The number of nitrogens with zero attached hydrogens (tertiary/aromatic N) is 1. The maximum Gasteiger partial charge on any atom is 0.246 e. The fourth-order valence-corrected chi connectivity index (χ4v) is 2.87. The number of rotatable bonds is 7. The van der Waals surface area contributed by atoms with Crippen LogP contribution in [0.3, 0.4) is 0 Å². The van der Waals surface area contributed by atoms with Gasteiger partial charge in [0.2, 0.25) is 5.91 Å². The molecule has 0 aliphatic heterocycles. The highest BCUT2D eigenvalue weighted by Crippen LogP contribution is 2.26. The lowest BCUT2D eigenvalue weighted by molar-refractivity contribution is -0.125. The summed E-state index contributed by atoms with van der Waals surface area (Å²) in [7, 11) is 6.55. The number of likely N-dealkylation sites (N-methyl/N-ethyl adjacent to an activating group) is 1.